The summed E-state index contributed by atoms with van der Waals surface area (Å²) in [6, 6.07) is 2.91. The van der Waals surface area contributed by atoms with Crippen molar-refractivity contribution >= 4 is 9.84 Å². The van der Waals surface area contributed by atoms with E-state index in [2.05, 4.69) is 17.9 Å². The Hall–Kier alpha value is -0.640. The molecule has 0 spiro atoms. The normalized spacial score (nSPS) is 46.3. The lowest BCUT2D eigenvalue weighted by atomic mass is 9.71. The highest BCUT2D eigenvalue weighted by molar-refractivity contribution is 7.91. The van der Waals surface area contributed by atoms with Crippen LogP contribution in [0.2, 0.25) is 0 Å². The fourth-order valence-electron chi connectivity index (χ4n) is 3.78. The number of aliphatic hydroxyl groups is 1. The first-order valence-electron chi connectivity index (χ1n) is 6.91. The minimum Gasteiger partial charge on any atom is -0.387 e. The van der Waals surface area contributed by atoms with Crippen LogP contribution in [-0.4, -0.2) is 54.2 Å². The Morgan fingerprint density at radius 3 is 2.58 bits per heavy atom. The highest BCUT2D eigenvalue weighted by Gasteiger charge is 2.61. The van der Waals surface area contributed by atoms with Crippen LogP contribution in [-0.2, 0) is 9.84 Å². The number of rotatable bonds is 2. The predicted octanol–water partition coefficient (Wildman–Crippen LogP) is 0.303. The minimum absolute atomic E-state index is 0.0285. The number of nitriles is 1. The third kappa shape index (κ3) is 1.99. The van der Waals surface area contributed by atoms with Gasteiger partial charge in [0.15, 0.2) is 9.84 Å². The second-order valence-corrected chi connectivity index (χ2v) is 8.71. The zero-order chi connectivity index (χ0) is 13.9. The molecular weight excluding hydrogens is 264 g/mol. The second kappa shape index (κ2) is 3.94. The van der Waals surface area contributed by atoms with E-state index in [-0.39, 0.29) is 24.0 Å². The minimum atomic E-state index is -3.18. The van der Waals surface area contributed by atoms with E-state index in [1.807, 2.05) is 0 Å². The van der Waals surface area contributed by atoms with Crippen molar-refractivity contribution in [2.24, 2.45) is 5.41 Å². The van der Waals surface area contributed by atoms with Crippen molar-refractivity contribution in [1.29, 1.82) is 5.26 Å². The van der Waals surface area contributed by atoms with Crippen LogP contribution in [0.5, 0.6) is 0 Å². The van der Waals surface area contributed by atoms with Gasteiger partial charge in [0.25, 0.3) is 0 Å². The molecule has 0 aromatic carbocycles. The maximum Gasteiger partial charge on any atom is 0.152 e. The SMILES string of the molecule is CC1CC(O)(C2(C#N)CCS(=O)(=O)C2)CN1C1CC1. The number of hydrogen-bond donors (Lipinski definition) is 1. The molecular formula is C13H20N2O3S. The molecule has 2 heterocycles. The molecule has 3 fully saturated rings. The predicted molar refractivity (Wildman–Crippen MR) is 70.1 cm³/mol. The lowest BCUT2D eigenvalue weighted by Gasteiger charge is -2.36. The monoisotopic (exact) mass is 284 g/mol. The van der Waals surface area contributed by atoms with Gasteiger partial charge in [-0.25, -0.2) is 8.42 Å². The number of hydrogen-bond acceptors (Lipinski definition) is 5. The number of β-amino-alcohol motifs (C(OH)–C–C–N with tert-alkyl or cyclic N) is 1. The van der Waals surface area contributed by atoms with Crippen LogP contribution in [0, 0.1) is 16.7 Å². The fourth-order valence-corrected chi connectivity index (χ4v) is 5.81. The van der Waals surface area contributed by atoms with E-state index in [0.29, 0.717) is 19.0 Å². The molecule has 0 bridgehead atoms. The molecule has 3 aliphatic rings. The number of nitrogens with zero attached hydrogens (tertiary/aromatic N) is 2. The lowest BCUT2D eigenvalue weighted by Crippen LogP contribution is -2.50. The van der Waals surface area contributed by atoms with Crippen LogP contribution in [0.4, 0.5) is 0 Å². The molecule has 0 aromatic rings. The topological polar surface area (TPSA) is 81.4 Å². The van der Waals surface area contributed by atoms with Gasteiger partial charge in [0.1, 0.15) is 5.41 Å². The Labute approximate surface area is 114 Å². The largest absolute Gasteiger partial charge is 0.387 e. The molecule has 3 atom stereocenters. The van der Waals surface area contributed by atoms with E-state index >= 15 is 0 Å². The summed E-state index contributed by atoms with van der Waals surface area (Å²) in [5.74, 6) is -0.154. The van der Waals surface area contributed by atoms with Gasteiger partial charge in [-0.15, -0.1) is 0 Å². The van der Waals surface area contributed by atoms with E-state index in [0.717, 1.165) is 12.8 Å². The van der Waals surface area contributed by atoms with E-state index in [1.165, 1.54) is 0 Å². The average molecular weight is 284 g/mol. The van der Waals surface area contributed by atoms with Gasteiger partial charge in [0.05, 0.1) is 23.2 Å². The third-order valence-corrected chi connectivity index (χ3v) is 6.83. The molecule has 6 heteroatoms. The molecule has 5 nitrogen and oxygen atoms in total. The van der Waals surface area contributed by atoms with Gasteiger partial charge in [0.2, 0.25) is 0 Å². The van der Waals surface area contributed by atoms with Crippen molar-refractivity contribution in [3.8, 4) is 6.07 Å². The molecule has 0 radical (unpaired) electrons. The van der Waals surface area contributed by atoms with Gasteiger partial charge in [0, 0.05) is 18.6 Å². The quantitative estimate of drug-likeness (QED) is 0.789. The van der Waals surface area contributed by atoms with E-state index < -0.39 is 20.9 Å². The maximum absolute atomic E-state index is 11.7. The highest BCUT2D eigenvalue weighted by atomic mass is 32.2. The summed E-state index contributed by atoms with van der Waals surface area (Å²) in [7, 11) is -3.18. The van der Waals surface area contributed by atoms with Gasteiger partial charge in [-0.2, -0.15) is 5.26 Å². The molecule has 2 aliphatic heterocycles. The van der Waals surface area contributed by atoms with Crippen molar-refractivity contribution in [3.63, 3.8) is 0 Å². The maximum atomic E-state index is 11.7. The highest BCUT2D eigenvalue weighted by Crippen LogP contribution is 2.49. The zero-order valence-electron chi connectivity index (χ0n) is 11.2. The second-order valence-electron chi connectivity index (χ2n) is 6.52. The van der Waals surface area contributed by atoms with Gasteiger partial charge in [-0.05, 0) is 32.6 Å². The summed E-state index contributed by atoms with van der Waals surface area (Å²) >= 11 is 0. The van der Waals surface area contributed by atoms with Crippen LogP contribution in [0.3, 0.4) is 0 Å². The van der Waals surface area contributed by atoms with Crippen molar-refractivity contribution in [1.82, 2.24) is 4.90 Å². The van der Waals surface area contributed by atoms with Gasteiger partial charge in [-0.1, -0.05) is 0 Å². The number of likely N-dealkylation sites (tertiary alicyclic amines) is 1. The standard InChI is InChI=1S/C13H20N2O3S/c1-10-6-13(16,8-15(10)11-2-3-11)12(7-14)4-5-19(17,18)9-12/h10-11,16H,2-6,8-9H2,1H3. The summed E-state index contributed by atoms with van der Waals surface area (Å²) in [6.07, 6.45) is 3.08. The Morgan fingerprint density at radius 1 is 1.42 bits per heavy atom. The first kappa shape index (κ1) is 13.3. The van der Waals surface area contributed by atoms with E-state index in [1.54, 1.807) is 0 Å². The van der Waals surface area contributed by atoms with E-state index in [9.17, 15) is 18.8 Å². The Morgan fingerprint density at radius 2 is 2.11 bits per heavy atom. The lowest BCUT2D eigenvalue weighted by molar-refractivity contribution is -0.0345. The zero-order valence-corrected chi connectivity index (χ0v) is 12.0. The molecule has 0 amide bonds. The van der Waals surface area contributed by atoms with Gasteiger partial charge < -0.3 is 5.11 Å². The number of sulfone groups is 1. The molecule has 19 heavy (non-hydrogen) atoms. The first-order chi connectivity index (χ1) is 8.81. The molecule has 0 aromatic heterocycles. The Balaban J connectivity index is 1.90. The summed E-state index contributed by atoms with van der Waals surface area (Å²) in [5.41, 5.74) is -2.28. The smallest absolute Gasteiger partial charge is 0.152 e. The summed E-state index contributed by atoms with van der Waals surface area (Å²) in [6.45, 7) is 2.51. The molecule has 3 rings (SSSR count). The molecule has 3 unspecified atom stereocenters. The van der Waals surface area contributed by atoms with Crippen LogP contribution < -0.4 is 0 Å². The summed E-state index contributed by atoms with van der Waals surface area (Å²) in [5, 5.41) is 20.5. The molecule has 1 saturated carbocycles. The van der Waals surface area contributed by atoms with Gasteiger partial charge >= 0.3 is 0 Å². The molecule has 1 N–H and O–H groups in total. The van der Waals surface area contributed by atoms with Crippen LogP contribution in [0.15, 0.2) is 0 Å². The van der Waals surface area contributed by atoms with Crippen molar-refractivity contribution in [3.05, 3.63) is 0 Å². The van der Waals surface area contributed by atoms with Crippen LogP contribution >= 0.6 is 0 Å². The van der Waals surface area contributed by atoms with Crippen molar-refractivity contribution < 1.29 is 13.5 Å². The Kier molecular flexibility index (Phi) is 2.76. The molecule has 106 valence electrons. The van der Waals surface area contributed by atoms with E-state index in [4.69, 9.17) is 0 Å². The first-order valence-corrected chi connectivity index (χ1v) is 8.73. The van der Waals surface area contributed by atoms with Crippen molar-refractivity contribution in [2.45, 2.75) is 50.3 Å². The van der Waals surface area contributed by atoms with Crippen LogP contribution in [0.25, 0.3) is 0 Å². The molecule has 1 aliphatic carbocycles. The van der Waals surface area contributed by atoms with Gasteiger partial charge in [-0.3, -0.25) is 4.90 Å². The third-order valence-electron chi connectivity index (χ3n) is 5.07. The fraction of sp³-hybridized carbons (Fsp3) is 0.923. The Bertz CT molecular complexity index is 537. The molecule has 2 saturated heterocycles. The average Bonchev–Trinajstić information content (AvgIpc) is 3.04. The van der Waals surface area contributed by atoms with Crippen molar-refractivity contribution in [2.75, 3.05) is 18.1 Å². The summed E-state index contributed by atoms with van der Waals surface area (Å²) in [4.78, 5) is 2.25. The summed E-state index contributed by atoms with van der Waals surface area (Å²) < 4.78 is 23.5. The van der Waals surface area contributed by atoms with Crippen LogP contribution in [0.1, 0.15) is 32.6 Å².